The largest absolute Gasteiger partial charge is 0.353 e. The molecule has 31 heavy (non-hydrogen) atoms. The summed E-state index contributed by atoms with van der Waals surface area (Å²) < 4.78 is 0. The van der Waals surface area contributed by atoms with Gasteiger partial charge in [0.1, 0.15) is 5.69 Å². The maximum Gasteiger partial charge on any atom is 0.289 e. The predicted molar refractivity (Wildman–Crippen MR) is 127 cm³/mol. The number of nitrogens with zero attached hydrogens (tertiary/aromatic N) is 2. The smallest absolute Gasteiger partial charge is 0.289 e. The summed E-state index contributed by atoms with van der Waals surface area (Å²) in [4.78, 5) is 21.1. The van der Waals surface area contributed by atoms with Gasteiger partial charge in [0.25, 0.3) is 5.91 Å². The summed E-state index contributed by atoms with van der Waals surface area (Å²) in [6, 6.07) is 17.4. The third-order valence-electron chi connectivity index (χ3n) is 5.96. The van der Waals surface area contributed by atoms with Gasteiger partial charge < -0.3 is 4.98 Å². The molecule has 0 atom stereocenters. The first-order chi connectivity index (χ1) is 15.2. The van der Waals surface area contributed by atoms with Gasteiger partial charge in [-0.25, -0.2) is 10.4 Å². The number of para-hydroxylation sites is 1. The van der Waals surface area contributed by atoms with Gasteiger partial charge in [-0.1, -0.05) is 67.3 Å². The van der Waals surface area contributed by atoms with Gasteiger partial charge in [-0.2, -0.15) is 5.10 Å². The van der Waals surface area contributed by atoms with Crippen LogP contribution in [0.1, 0.15) is 42.6 Å². The standard InChI is InChI=1S/C25H23ClN4O/c26-20-12-6-4-11-18(20)23-24-19(17-10-5-7-13-21(17)28-24)14-22(29-23)25(31)30-27-15-16-8-2-1-3-9-16/h4-7,10-16,28H,1-3,8-9H2,(H,30,31)/b27-15+. The van der Waals surface area contributed by atoms with Crippen LogP contribution in [-0.4, -0.2) is 22.1 Å². The van der Waals surface area contributed by atoms with Crippen LogP contribution in [0.15, 0.2) is 59.7 Å². The average molecular weight is 431 g/mol. The van der Waals surface area contributed by atoms with Crippen LogP contribution in [0, 0.1) is 5.92 Å². The Hall–Kier alpha value is -3.18. The second-order valence-corrected chi connectivity index (χ2v) is 8.45. The first-order valence-electron chi connectivity index (χ1n) is 10.7. The van der Waals surface area contributed by atoms with Crippen molar-refractivity contribution in [3.63, 3.8) is 0 Å². The first-order valence-corrected chi connectivity index (χ1v) is 11.1. The van der Waals surface area contributed by atoms with Crippen molar-refractivity contribution < 1.29 is 4.79 Å². The molecule has 0 aliphatic heterocycles. The van der Waals surface area contributed by atoms with Crippen LogP contribution in [0.4, 0.5) is 0 Å². The highest BCUT2D eigenvalue weighted by molar-refractivity contribution is 6.33. The highest BCUT2D eigenvalue weighted by Gasteiger charge is 2.18. The van der Waals surface area contributed by atoms with E-state index in [-0.39, 0.29) is 5.91 Å². The van der Waals surface area contributed by atoms with Crippen LogP contribution in [0.25, 0.3) is 33.1 Å². The normalized spacial score (nSPS) is 15.1. The molecular formula is C25H23ClN4O. The van der Waals surface area contributed by atoms with Crippen molar-refractivity contribution in [1.29, 1.82) is 0 Å². The Morgan fingerprint density at radius 3 is 2.68 bits per heavy atom. The van der Waals surface area contributed by atoms with Gasteiger partial charge in [-0.15, -0.1) is 0 Å². The molecule has 1 aliphatic rings. The van der Waals surface area contributed by atoms with Crippen LogP contribution in [0.2, 0.25) is 5.02 Å². The van der Waals surface area contributed by atoms with Crippen LogP contribution < -0.4 is 5.43 Å². The molecule has 5 rings (SSSR count). The van der Waals surface area contributed by atoms with E-state index >= 15 is 0 Å². The number of nitrogens with one attached hydrogen (secondary N) is 2. The lowest BCUT2D eigenvalue weighted by molar-refractivity contribution is 0.0950. The Morgan fingerprint density at radius 2 is 1.84 bits per heavy atom. The number of amides is 1. The lowest BCUT2D eigenvalue weighted by Gasteiger charge is -2.16. The van der Waals surface area contributed by atoms with E-state index < -0.39 is 0 Å². The molecule has 0 radical (unpaired) electrons. The van der Waals surface area contributed by atoms with Gasteiger partial charge in [-0.05, 0) is 37.0 Å². The van der Waals surface area contributed by atoms with Gasteiger partial charge in [0, 0.05) is 28.1 Å². The molecule has 1 amide bonds. The molecule has 2 aromatic heterocycles. The molecule has 6 heteroatoms. The zero-order valence-corrected chi connectivity index (χ0v) is 17.8. The van der Waals surface area contributed by atoms with Crippen molar-refractivity contribution in [2.75, 3.05) is 0 Å². The number of pyridine rings is 1. The average Bonchev–Trinajstić information content (AvgIpc) is 3.18. The number of aromatic amines is 1. The van der Waals surface area contributed by atoms with Crippen molar-refractivity contribution in [3.8, 4) is 11.3 Å². The molecule has 5 nitrogen and oxygen atoms in total. The molecular weight excluding hydrogens is 408 g/mol. The number of fused-ring (bicyclic) bond motifs is 3. The number of H-pyrrole nitrogens is 1. The molecule has 0 spiro atoms. The third kappa shape index (κ3) is 3.93. The van der Waals surface area contributed by atoms with Crippen LogP contribution in [0.3, 0.4) is 0 Å². The number of hydrazone groups is 1. The summed E-state index contributed by atoms with van der Waals surface area (Å²) in [7, 11) is 0. The van der Waals surface area contributed by atoms with Crippen molar-refractivity contribution in [1.82, 2.24) is 15.4 Å². The molecule has 1 saturated carbocycles. The minimum atomic E-state index is -0.326. The number of hydrogen-bond acceptors (Lipinski definition) is 3. The predicted octanol–water partition coefficient (Wildman–Crippen LogP) is 6.33. The number of halogens is 1. The summed E-state index contributed by atoms with van der Waals surface area (Å²) in [5.74, 6) is 0.115. The maximum absolute atomic E-state index is 12.9. The van der Waals surface area contributed by atoms with E-state index in [1.165, 1.54) is 19.3 Å². The Bertz CT molecular complexity index is 1290. The second kappa shape index (κ2) is 8.52. The summed E-state index contributed by atoms with van der Waals surface area (Å²) >= 11 is 6.48. The third-order valence-corrected chi connectivity index (χ3v) is 6.29. The van der Waals surface area contributed by atoms with E-state index in [0.29, 0.717) is 22.3 Å². The minimum Gasteiger partial charge on any atom is -0.353 e. The van der Waals surface area contributed by atoms with E-state index in [2.05, 4.69) is 15.5 Å². The van der Waals surface area contributed by atoms with Gasteiger partial charge in [0.2, 0.25) is 0 Å². The van der Waals surface area contributed by atoms with E-state index in [0.717, 1.165) is 40.2 Å². The van der Waals surface area contributed by atoms with Crippen molar-refractivity contribution in [2.24, 2.45) is 11.0 Å². The Labute approximate surface area is 185 Å². The molecule has 2 heterocycles. The monoisotopic (exact) mass is 430 g/mol. The second-order valence-electron chi connectivity index (χ2n) is 8.05. The molecule has 2 aromatic carbocycles. The fourth-order valence-corrected chi connectivity index (χ4v) is 4.58. The lowest BCUT2D eigenvalue weighted by Crippen LogP contribution is -2.20. The molecule has 4 aromatic rings. The maximum atomic E-state index is 12.9. The van der Waals surface area contributed by atoms with Crippen LogP contribution in [-0.2, 0) is 0 Å². The lowest BCUT2D eigenvalue weighted by atomic mass is 9.90. The van der Waals surface area contributed by atoms with Crippen LogP contribution >= 0.6 is 11.6 Å². The van der Waals surface area contributed by atoms with Gasteiger partial charge in [0.15, 0.2) is 0 Å². The van der Waals surface area contributed by atoms with Gasteiger partial charge >= 0.3 is 0 Å². The number of benzene rings is 2. The summed E-state index contributed by atoms with van der Waals surface area (Å²) in [5.41, 5.74) is 6.26. The number of carbonyl (C=O) groups is 1. The minimum absolute atomic E-state index is 0.313. The molecule has 0 unspecified atom stereocenters. The number of aromatic nitrogens is 2. The van der Waals surface area contributed by atoms with Gasteiger partial charge in [-0.3, -0.25) is 4.79 Å². The number of hydrogen-bond donors (Lipinski definition) is 2. The Morgan fingerprint density at radius 1 is 1.06 bits per heavy atom. The van der Waals surface area contributed by atoms with Crippen molar-refractivity contribution >= 4 is 45.5 Å². The molecule has 0 saturated heterocycles. The Balaban J connectivity index is 1.56. The SMILES string of the molecule is O=C(N/N=C/C1CCCCC1)c1cc2c([nH]c3ccccc32)c(-c2ccccc2Cl)n1. The molecule has 2 N–H and O–H groups in total. The quantitative estimate of drug-likeness (QED) is 0.293. The molecule has 1 fully saturated rings. The molecule has 156 valence electrons. The topological polar surface area (TPSA) is 70.1 Å². The first kappa shape index (κ1) is 19.8. The summed E-state index contributed by atoms with van der Waals surface area (Å²) in [6.07, 6.45) is 7.88. The zero-order chi connectivity index (χ0) is 21.2. The van der Waals surface area contributed by atoms with E-state index in [1.54, 1.807) is 0 Å². The zero-order valence-electron chi connectivity index (χ0n) is 17.1. The summed E-state index contributed by atoms with van der Waals surface area (Å²) in [5, 5.41) is 6.78. The van der Waals surface area contributed by atoms with Gasteiger partial charge in [0.05, 0.1) is 16.2 Å². The highest BCUT2D eigenvalue weighted by Crippen LogP contribution is 2.35. The summed E-state index contributed by atoms with van der Waals surface area (Å²) in [6.45, 7) is 0. The number of rotatable bonds is 4. The Kier molecular flexibility index (Phi) is 5.43. The van der Waals surface area contributed by atoms with E-state index in [1.807, 2.05) is 60.8 Å². The number of carbonyl (C=O) groups excluding carboxylic acids is 1. The van der Waals surface area contributed by atoms with Crippen molar-refractivity contribution in [3.05, 3.63) is 65.3 Å². The molecule has 1 aliphatic carbocycles. The fourth-order valence-electron chi connectivity index (χ4n) is 4.35. The fraction of sp³-hybridized carbons (Fsp3) is 0.240. The van der Waals surface area contributed by atoms with Crippen molar-refractivity contribution in [2.45, 2.75) is 32.1 Å². The highest BCUT2D eigenvalue weighted by atomic mass is 35.5. The molecule has 0 bridgehead atoms. The van der Waals surface area contributed by atoms with E-state index in [4.69, 9.17) is 16.6 Å². The van der Waals surface area contributed by atoms with E-state index in [9.17, 15) is 4.79 Å². The van der Waals surface area contributed by atoms with Crippen LogP contribution in [0.5, 0.6) is 0 Å².